The zero-order chi connectivity index (χ0) is 16.1. The average Bonchev–Trinajstić information content (AvgIpc) is 3.20. The first-order valence-corrected chi connectivity index (χ1v) is 8.58. The molecule has 1 aliphatic rings. The standard InChI is InChI=1S/C15H21N5O2S/c1-12(14-3-2-6-23-14)18-15(21)9-19-4-5-22-13(7-19)8-20-11-16-10-17-20/h2-3,6,10-13H,4-5,7-9H2,1H3,(H,18,21)/t12-,13-/m1/s1. The maximum Gasteiger partial charge on any atom is 0.234 e. The summed E-state index contributed by atoms with van der Waals surface area (Å²) in [5.41, 5.74) is 0. The molecule has 2 aromatic heterocycles. The van der Waals surface area contributed by atoms with E-state index in [1.54, 1.807) is 22.3 Å². The van der Waals surface area contributed by atoms with E-state index in [1.807, 2.05) is 24.4 Å². The zero-order valence-corrected chi connectivity index (χ0v) is 13.9. The Bertz CT molecular complexity index is 601. The van der Waals surface area contributed by atoms with Crippen LogP contribution >= 0.6 is 11.3 Å². The molecule has 7 nitrogen and oxygen atoms in total. The molecule has 1 saturated heterocycles. The average molecular weight is 335 g/mol. The topological polar surface area (TPSA) is 72.3 Å². The molecule has 0 radical (unpaired) electrons. The maximum absolute atomic E-state index is 12.2. The number of hydrogen-bond acceptors (Lipinski definition) is 6. The van der Waals surface area contributed by atoms with Crippen molar-refractivity contribution in [2.24, 2.45) is 0 Å². The zero-order valence-electron chi connectivity index (χ0n) is 13.1. The number of aromatic nitrogens is 3. The molecule has 0 saturated carbocycles. The molecule has 2 atom stereocenters. The van der Waals surface area contributed by atoms with E-state index in [9.17, 15) is 4.79 Å². The number of ether oxygens (including phenoxy) is 1. The molecule has 3 rings (SSSR count). The number of carbonyl (C=O) groups excluding carboxylic acids is 1. The van der Waals surface area contributed by atoms with Crippen LogP contribution in [0.5, 0.6) is 0 Å². The second-order valence-corrected chi connectivity index (χ2v) is 6.63. The Balaban J connectivity index is 1.46. The van der Waals surface area contributed by atoms with Gasteiger partial charge in [-0.15, -0.1) is 11.3 Å². The highest BCUT2D eigenvalue weighted by Crippen LogP contribution is 2.18. The van der Waals surface area contributed by atoms with Crippen molar-refractivity contribution in [3.63, 3.8) is 0 Å². The summed E-state index contributed by atoms with van der Waals surface area (Å²) in [6, 6.07) is 4.09. The van der Waals surface area contributed by atoms with Gasteiger partial charge < -0.3 is 10.1 Å². The summed E-state index contributed by atoms with van der Waals surface area (Å²) in [5.74, 6) is 0.0484. The van der Waals surface area contributed by atoms with Gasteiger partial charge in [-0.2, -0.15) is 5.10 Å². The lowest BCUT2D eigenvalue weighted by Gasteiger charge is -2.32. The minimum Gasteiger partial charge on any atom is -0.374 e. The van der Waals surface area contributed by atoms with Crippen LogP contribution in [0.25, 0.3) is 0 Å². The van der Waals surface area contributed by atoms with Crippen molar-refractivity contribution in [2.45, 2.75) is 25.6 Å². The minimum absolute atomic E-state index is 0.0352. The molecule has 2 aromatic rings. The predicted octanol–water partition coefficient (Wildman–Crippen LogP) is 0.918. The number of morpholine rings is 1. The molecule has 1 amide bonds. The summed E-state index contributed by atoms with van der Waals surface area (Å²) >= 11 is 1.66. The van der Waals surface area contributed by atoms with Crippen molar-refractivity contribution in [3.05, 3.63) is 35.0 Å². The number of nitrogens with zero attached hydrogens (tertiary/aromatic N) is 4. The van der Waals surface area contributed by atoms with Gasteiger partial charge in [0, 0.05) is 18.0 Å². The van der Waals surface area contributed by atoms with Crippen LogP contribution in [0.2, 0.25) is 0 Å². The Hall–Kier alpha value is -1.77. The molecule has 1 aliphatic heterocycles. The lowest BCUT2D eigenvalue weighted by atomic mass is 10.2. The van der Waals surface area contributed by atoms with Crippen molar-refractivity contribution >= 4 is 17.2 Å². The fourth-order valence-corrected chi connectivity index (χ4v) is 3.40. The summed E-state index contributed by atoms with van der Waals surface area (Å²) in [7, 11) is 0. The Morgan fingerprint density at radius 2 is 2.52 bits per heavy atom. The molecule has 0 aliphatic carbocycles. The lowest BCUT2D eigenvalue weighted by molar-refractivity contribution is -0.125. The third-order valence-electron chi connectivity index (χ3n) is 3.79. The largest absolute Gasteiger partial charge is 0.374 e. The van der Waals surface area contributed by atoms with Crippen molar-refractivity contribution in [2.75, 3.05) is 26.2 Å². The Kier molecular flexibility index (Phi) is 5.37. The monoisotopic (exact) mass is 335 g/mol. The second kappa shape index (κ2) is 7.67. The van der Waals surface area contributed by atoms with E-state index in [2.05, 4.69) is 20.3 Å². The van der Waals surface area contributed by atoms with E-state index in [1.165, 1.54) is 11.2 Å². The normalized spacial score (nSPS) is 20.3. The molecular weight excluding hydrogens is 314 g/mol. The van der Waals surface area contributed by atoms with Crippen LogP contribution < -0.4 is 5.32 Å². The van der Waals surface area contributed by atoms with Crippen LogP contribution in [0.4, 0.5) is 0 Å². The Morgan fingerprint density at radius 1 is 1.61 bits per heavy atom. The molecule has 23 heavy (non-hydrogen) atoms. The van der Waals surface area contributed by atoms with E-state index >= 15 is 0 Å². The van der Waals surface area contributed by atoms with E-state index in [4.69, 9.17) is 4.74 Å². The first kappa shape index (κ1) is 16.1. The minimum atomic E-state index is 0.0352. The fraction of sp³-hybridized carbons (Fsp3) is 0.533. The highest BCUT2D eigenvalue weighted by Gasteiger charge is 2.23. The lowest BCUT2D eigenvalue weighted by Crippen LogP contribution is -2.48. The van der Waals surface area contributed by atoms with E-state index in [0.29, 0.717) is 19.7 Å². The van der Waals surface area contributed by atoms with Gasteiger partial charge in [0.25, 0.3) is 0 Å². The van der Waals surface area contributed by atoms with Crippen molar-refractivity contribution in [1.82, 2.24) is 25.0 Å². The highest BCUT2D eigenvalue weighted by molar-refractivity contribution is 7.10. The van der Waals surface area contributed by atoms with Gasteiger partial charge in [0.15, 0.2) is 0 Å². The van der Waals surface area contributed by atoms with E-state index in [-0.39, 0.29) is 18.1 Å². The molecule has 1 fully saturated rings. The molecule has 3 heterocycles. The third-order valence-corrected chi connectivity index (χ3v) is 4.85. The first-order chi connectivity index (χ1) is 11.2. The quantitative estimate of drug-likeness (QED) is 0.850. The molecule has 0 aromatic carbocycles. The first-order valence-electron chi connectivity index (χ1n) is 7.70. The van der Waals surface area contributed by atoms with Gasteiger partial charge in [0.1, 0.15) is 12.7 Å². The smallest absolute Gasteiger partial charge is 0.234 e. The van der Waals surface area contributed by atoms with Gasteiger partial charge >= 0.3 is 0 Å². The predicted molar refractivity (Wildman–Crippen MR) is 87.1 cm³/mol. The Labute approximate surface area is 139 Å². The number of thiophene rings is 1. The van der Waals surface area contributed by atoms with Crippen molar-refractivity contribution in [3.8, 4) is 0 Å². The van der Waals surface area contributed by atoms with Crippen molar-refractivity contribution < 1.29 is 9.53 Å². The second-order valence-electron chi connectivity index (χ2n) is 5.65. The van der Waals surface area contributed by atoms with Gasteiger partial charge in [-0.05, 0) is 18.4 Å². The van der Waals surface area contributed by atoms with Crippen LogP contribution in [-0.2, 0) is 16.1 Å². The molecule has 0 unspecified atom stereocenters. The molecule has 1 N–H and O–H groups in total. The number of hydrogen-bond donors (Lipinski definition) is 1. The molecular formula is C15H21N5O2S. The Morgan fingerprint density at radius 3 is 3.26 bits per heavy atom. The fourth-order valence-electron chi connectivity index (χ4n) is 2.67. The van der Waals surface area contributed by atoms with Crippen LogP contribution in [0.15, 0.2) is 30.2 Å². The van der Waals surface area contributed by atoms with Crippen LogP contribution in [0, 0.1) is 0 Å². The van der Waals surface area contributed by atoms with E-state index < -0.39 is 0 Å². The summed E-state index contributed by atoms with van der Waals surface area (Å²) in [6.07, 6.45) is 3.23. The maximum atomic E-state index is 12.2. The van der Waals surface area contributed by atoms with E-state index in [0.717, 1.165) is 13.1 Å². The number of rotatable bonds is 6. The van der Waals surface area contributed by atoms with Crippen molar-refractivity contribution in [1.29, 1.82) is 0 Å². The van der Waals surface area contributed by atoms with Crippen LogP contribution in [-0.4, -0.2) is 57.9 Å². The SMILES string of the molecule is C[C@@H](NC(=O)CN1CCO[C@@H](Cn2cncn2)C1)c1cccs1. The third kappa shape index (κ3) is 4.60. The number of amides is 1. The van der Waals surface area contributed by atoms with Crippen LogP contribution in [0.3, 0.4) is 0 Å². The van der Waals surface area contributed by atoms with Gasteiger partial charge in [0.05, 0.1) is 31.8 Å². The molecule has 0 bridgehead atoms. The summed E-state index contributed by atoms with van der Waals surface area (Å²) in [4.78, 5) is 19.5. The van der Waals surface area contributed by atoms with Gasteiger partial charge in [0.2, 0.25) is 5.91 Å². The molecule has 124 valence electrons. The van der Waals surface area contributed by atoms with Crippen LogP contribution in [0.1, 0.15) is 17.8 Å². The van der Waals surface area contributed by atoms with Gasteiger partial charge in [-0.1, -0.05) is 6.07 Å². The summed E-state index contributed by atoms with van der Waals surface area (Å²) in [6.45, 7) is 5.19. The van der Waals surface area contributed by atoms with Gasteiger partial charge in [-0.3, -0.25) is 14.4 Å². The molecule has 8 heteroatoms. The summed E-state index contributed by atoms with van der Waals surface area (Å²) < 4.78 is 7.50. The van der Waals surface area contributed by atoms with Gasteiger partial charge in [-0.25, -0.2) is 4.98 Å². The summed E-state index contributed by atoms with van der Waals surface area (Å²) in [5, 5.41) is 9.17. The number of nitrogens with one attached hydrogen (secondary N) is 1. The molecule has 0 spiro atoms. The highest BCUT2D eigenvalue weighted by atomic mass is 32.1. The number of carbonyl (C=O) groups is 1.